The molecule has 2 rings (SSSR count). The summed E-state index contributed by atoms with van der Waals surface area (Å²) in [5.41, 5.74) is 3.14. The van der Waals surface area contributed by atoms with Crippen LogP contribution in [0.15, 0.2) is 22.7 Å². The van der Waals surface area contributed by atoms with Crippen LogP contribution in [0.5, 0.6) is 0 Å². The third kappa shape index (κ3) is 2.76. The van der Waals surface area contributed by atoms with Gasteiger partial charge < -0.3 is 0 Å². The standard InChI is InChI=1S/C14H14BrFN2O/c1-8-14(10(3)19)9(2)18(17-8)7-11-4-5-12(16)6-13(11)15/h4-6H,7H2,1-3H3. The van der Waals surface area contributed by atoms with Crippen molar-refractivity contribution >= 4 is 21.7 Å². The summed E-state index contributed by atoms with van der Waals surface area (Å²) in [6, 6.07) is 4.55. The second-order valence-electron chi connectivity index (χ2n) is 4.50. The number of rotatable bonds is 3. The number of carbonyl (C=O) groups excluding carboxylic acids is 1. The Hall–Kier alpha value is -1.49. The van der Waals surface area contributed by atoms with Crippen LogP contribution >= 0.6 is 15.9 Å². The van der Waals surface area contributed by atoms with Gasteiger partial charge in [0.15, 0.2) is 5.78 Å². The molecule has 0 aliphatic carbocycles. The van der Waals surface area contributed by atoms with Gasteiger partial charge in [0.1, 0.15) is 5.82 Å². The molecule has 0 unspecified atom stereocenters. The Kier molecular flexibility index (Phi) is 3.85. The largest absolute Gasteiger partial charge is 0.294 e. The van der Waals surface area contributed by atoms with Crippen LogP contribution in [0.1, 0.15) is 34.2 Å². The van der Waals surface area contributed by atoms with Crippen LogP contribution in [0.3, 0.4) is 0 Å². The van der Waals surface area contributed by atoms with Crippen LogP contribution < -0.4 is 0 Å². The maximum Gasteiger partial charge on any atom is 0.163 e. The molecular formula is C14H14BrFN2O. The van der Waals surface area contributed by atoms with Crippen molar-refractivity contribution in [2.45, 2.75) is 27.3 Å². The number of hydrogen-bond acceptors (Lipinski definition) is 2. The molecule has 1 aromatic heterocycles. The van der Waals surface area contributed by atoms with Gasteiger partial charge in [0.05, 0.1) is 17.8 Å². The van der Waals surface area contributed by atoms with Gasteiger partial charge in [0.25, 0.3) is 0 Å². The zero-order chi connectivity index (χ0) is 14.2. The smallest absolute Gasteiger partial charge is 0.163 e. The third-order valence-electron chi connectivity index (χ3n) is 3.07. The van der Waals surface area contributed by atoms with E-state index < -0.39 is 0 Å². The SMILES string of the molecule is CC(=O)c1c(C)nn(Cc2ccc(F)cc2Br)c1C. The average Bonchev–Trinajstić information content (AvgIpc) is 2.58. The van der Waals surface area contributed by atoms with E-state index in [1.165, 1.54) is 19.1 Å². The van der Waals surface area contributed by atoms with Crippen LogP contribution in [-0.2, 0) is 6.54 Å². The van der Waals surface area contributed by atoms with Gasteiger partial charge in [-0.2, -0.15) is 5.10 Å². The van der Waals surface area contributed by atoms with E-state index in [1.807, 2.05) is 13.8 Å². The van der Waals surface area contributed by atoms with Crippen molar-refractivity contribution in [3.63, 3.8) is 0 Å². The van der Waals surface area contributed by atoms with E-state index in [4.69, 9.17) is 0 Å². The van der Waals surface area contributed by atoms with E-state index >= 15 is 0 Å². The second-order valence-corrected chi connectivity index (χ2v) is 5.35. The van der Waals surface area contributed by atoms with Crippen molar-refractivity contribution < 1.29 is 9.18 Å². The molecule has 3 nitrogen and oxygen atoms in total. The topological polar surface area (TPSA) is 34.9 Å². The summed E-state index contributed by atoms with van der Waals surface area (Å²) in [7, 11) is 0. The van der Waals surface area contributed by atoms with Crippen molar-refractivity contribution in [1.82, 2.24) is 9.78 Å². The highest BCUT2D eigenvalue weighted by atomic mass is 79.9. The summed E-state index contributed by atoms with van der Waals surface area (Å²) in [4.78, 5) is 11.6. The molecule has 100 valence electrons. The van der Waals surface area contributed by atoms with E-state index in [-0.39, 0.29) is 11.6 Å². The molecule has 0 aliphatic heterocycles. The highest BCUT2D eigenvalue weighted by Gasteiger charge is 2.15. The van der Waals surface area contributed by atoms with Crippen molar-refractivity contribution in [3.8, 4) is 0 Å². The number of hydrogen-bond donors (Lipinski definition) is 0. The second kappa shape index (κ2) is 5.25. The van der Waals surface area contributed by atoms with Crippen molar-refractivity contribution in [1.29, 1.82) is 0 Å². The first-order valence-corrected chi connectivity index (χ1v) is 6.68. The lowest BCUT2D eigenvalue weighted by atomic mass is 10.1. The molecular weight excluding hydrogens is 311 g/mol. The summed E-state index contributed by atoms with van der Waals surface area (Å²) >= 11 is 3.34. The van der Waals surface area contributed by atoms with Crippen LogP contribution in [0.25, 0.3) is 0 Å². The lowest BCUT2D eigenvalue weighted by molar-refractivity contribution is 0.101. The molecule has 0 saturated carbocycles. The molecule has 0 fully saturated rings. The van der Waals surface area contributed by atoms with E-state index in [9.17, 15) is 9.18 Å². The van der Waals surface area contributed by atoms with Gasteiger partial charge in [-0.15, -0.1) is 0 Å². The first-order chi connectivity index (χ1) is 8.90. The first-order valence-electron chi connectivity index (χ1n) is 5.89. The molecule has 2 aromatic rings. The van der Waals surface area contributed by atoms with Crippen molar-refractivity contribution in [2.75, 3.05) is 0 Å². The van der Waals surface area contributed by atoms with Crippen molar-refractivity contribution in [3.05, 3.63) is 51.0 Å². The Bertz CT molecular complexity index is 649. The van der Waals surface area contributed by atoms with Crippen LogP contribution in [-0.4, -0.2) is 15.6 Å². The molecule has 1 heterocycles. The molecule has 0 aliphatic rings. The number of aryl methyl sites for hydroxylation is 1. The molecule has 0 radical (unpaired) electrons. The molecule has 1 aromatic carbocycles. The minimum absolute atomic E-state index is 0.0134. The van der Waals surface area contributed by atoms with Crippen LogP contribution in [0.4, 0.5) is 4.39 Å². The van der Waals surface area contributed by atoms with Gasteiger partial charge in [0, 0.05) is 10.2 Å². The van der Waals surface area contributed by atoms with Crippen molar-refractivity contribution in [2.24, 2.45) is 0 Å². The number of carbonyl (C=O) groups is 1. The summed E-state index contributed by atoms with van der Waals surface area (Å²) in [6.07, 6.45) is 0. The maximum absolute atomic E-state index is 13.0. The number of halogens is 2. The monoisotopic (exact) mass is 324 g/mol. The Morgan fingerprint density at radius 2 is 2.11 bits per heavy atom. The number of aromatic nitrogens is 2. The van der Waals surface area contributed by atoms with E-state index in [2.05, 4.69) is 21.0 Å². The minimum atomic E-state index is -0.284. The molecule has 0 bridgehead atoms. The zero-order valence-corrected chi connectivity index (χ0v) is 12.6. The molecule has 0 spiro atoms. The maximum atomic E-state index is 13.0. The predicted molar refractivity (Wildman–Crippen MR) is 74.9 cm³/mol. The summed E-state index contributed by atoms with van der Waals surface area (Å²) in [5, 5.41) is 4.37. The van der Waals surface area contributed by atoms with E-state index in [0.717, 1.165) is 17.0 Å². The van der Waals surface area contributed by atoms with Gasteiger partial charge in [-0.3, -0.25) is 9.48 Å². The molecule has 0 saturated heterocycles. The number of ketones is 1. The molecule has 5 heteroatoms. The fourth-order valence-electron chi connectivity index (χ4n) is 2.17. The fourth-order valence-corrected chi connectivity index (χ4v) is 2.65. The van der Waals surface area contributed by atoms with E-state index in [0.29, 0.717) is 16.6 Å². The van der Waals surface area contributed by atoms with Crippen LogP contribution in [0.2, 0.25) is 0 Å². The number of Topliss-reactive ketones (excluding diaryl/α,β-unsaturated/α-hetero) is 1. The van der Waals surface area contributed by atoms with Gasteiger partial charge in [0.2, 0.25) is 0 Å². The minimum Gasteiger partial charge on any atom is -0.294 e. The quantitative estimate of drug-likeness (QED) is 0.808. The highest BCUT2D eigenvalue weighted by molar-refractivity contribution is 9.10. The van der Waals surface area contributed by atoms with Gasteiger partial charge in [-0.05, 0) is 38.5 Å². The molecule has 0 N–H and O–H groups in total. The lowest BCUT2D eigenvalue weighted by Crippen LogP contribution is -2.06. The molecule has 0 atom stereocenters. The Morgan fingerprint density at radius 1 is 1.42 bits per heavy atom. The zero-order valence-electron chi connectivity index (χ0n) is 11.0. The highest BCUT2D eigenvalue weighted by Crippen LogP contribution is 2.21. The Morgan fingerprint density at radius 3 is 2.63 bits per heavy atom. The van der Waals surface area contributed by atoms with Gasteiger partial charge >= 0.3 is 0 Å². The third-order valence-corrected chi connectivity index (χ3v) is 3.81. The van der Waals surface area contributed by atoms with E-state index in [1.54, 1.807) is 10.7 Å². The lowest BCUT2D eigenvalue weighted by Gasteiger charge is -2.07. The fraction of sp³-hybridized carbons (Fsp3) is 0.286. The predicted octanol–water partition coefficient (Wildman–Crippen LogP) is 3.65. The Labute approximate surface area is 119 Å². The summed E-state index contributed by atoms with van der Waals surface area (Å²) < 4.78 is 15.5. The summed E-state index contributed by atoms with van der Waals surface area (Å²) in [5.74, 6) is -0.271. The first kappa shape index (κ1) is 13.9. The molecule has 19 heavy (non-hydrogen) atoms. The van der Waals surface area contributed by atoms with Gasteiger partial charge in [-0.25, -0.2) is 4.39 Å². The number of benzene rings is 1. The Balaban J connectivity index is 2.39. The van der Waals surface area contributed by atoms with Crippen LogP contribution in [0, 0.1) is 19.7 Å². The summed E-state index contributed by atoms with van der Waals surface area (Å²) in [6.45, 7) is 5.73. The average molecular weight is 325 g/mol. The molecule has 0 amide bonds. The normalized spacial score (nSPS) is 10.8. The number of nitrogens with zero attached hydrogens (tertiary/aromatic N) is 2. The van der Waals surface area contributed by atoms with Gasteiger partial charge in [-0.1, -0.05) is 22.0 Å².